The summed E-state index contributed by atoms with van der Waals surface area (Å²) in [6.45, 7) is 6.19. The number of anilines is 1. The van der Waals surface area contributed by atoms with Gasteiger partial charge in [0.25, 0.3) is 0 Å². The summed E-state index contributed by atoms with van der Waals surface area (Å²) in [5.41, 5.74) is 1.76. The molecule has 0 aliphatic carbocycles. The first-order chi connectivity index (χ1) is 15.3. The summed E-state index contributed by atoms with van der Waals surface area (Å²) in [6, 6.07) is 11.8. The van der Waals surface area contributed by atoms with Gasteiger partial charge in [-0.2, -0.15) is 0 Å². The zero-order chi connectivity index (χ0) is 23.5. The molecule has 32 heavy (non-hydrogen) atoms. The smallest absolute Gasteiger partial charge is 0.247 e. The van der Waals surface area contributed by atoms with Crippen molar-refractivity contribution in [2.45, 2.75) is 45.7 Å². The van der Waals surface area contributed by atoms with Crippen LogP contribution in [-0.2, 0) is 19.1 Å². The molecule has 1 aromatic heterocycles. The van der Waals surface area contributed by atoms with Gasteiger partial charge >= 0.3 is 0 Å². The number of nitrogens with one attached hydrogen (secondary N) is 2. The van der Waals surface area contributed by atoms with Crippen molar-refractivity contribution < 1.29 is 19.1 Å². The second kappa shape index (κ2) is 12.6. The molecule has 1 atom stereocenters. The van der Waals surface area contributed by atoms with E-state index in [1.807, 2.05) is 45.0 Å². The molecule has 8 nitrogen and oxygen atoms in total. The topological polar surface area (TPSA) is 101 Å². The van der Waals surface area contributed by atoms with Crippen LogP contribution in [0.3, 0.4) is 0 Å². The summed E-state index contributed by atoms with van der Waals surface area (Å²) >= 11 is 0. The van der Waals surface area contributed by atoms with E-state index in [9.17, 15) is 14.4 Å². The van der Waals surface area contributed by atoms with E-state index in [0.29, 0.717) is 11.4 Å². The highest BCUT2D eigenvalue weighted by Crippen LogP contribution is 2.23. The minimum absolute atomic E-state index is 0.0225. The number of rotatable bonds is 11. The highest BCUT2D eigenvalue weighted by molar-refractivity contribution is 5.94. The fourth-order valence-electron chi connectivity index (χ4n) is 3.18. The van der Waals surface area contributed by atoms with Crippen LogP contribution in [0.2, 0.25) is 0 Å². The van der Waals surface area contributed by atoms with Crippen molar-refractivity contribution in [1.82, 2.24) is 15.2 Å². The van der Waals surface area contributed by atoms with E-state index in [-0.39, 0.29) is 49.8 Å². The van der Waals surface area contributed by atoms with E-state index in [1.165, 1.54) is 12.0 Å². The maximum Gasteiger partial charge on any atom is 0.247 e. The molecule has 0 bridgehead atoms. The Morgan fingerprint density at radius 1 is 1.06 bits per heavy atom. The van der Waals surface area contributed by atoms with Gasteiger partial charge in [-0.05, 0) is 38.5 Å². The third-order valence-corrected chi connectivity index (χ3v) is 4.74. The van der Waals surface area contributed by atoms with Crippen molar-refractivity contribution >= 4 is 23.5 Å². The number of benzene rings is 1. The molecule has 0 spiro atoms. The number of hydrogen-bond acceptors (Lipinski definition) is 5. The van der Waals surface area contributed by atoms with Gasteiger partial charge in [0.15, 0.2) is 0 Å². The number of ether oxygens (including phenoxy) is 1. The lowest BCUT2D eigenvalue weighted by atomic mass is 10.0. The first-order valence-electron chi connectivity index (χ1n) is 10.7. The van der Waals surface area contributed by atoms with Gasteiger partial charge in [0.05, 0.1) is 6.61 Å². The SMILES string of the molecule is COCCN(C(=O)CCC(=O)Nc1ccccn1)[C@@H](C(=O)NC(C)C)c1ccc(C)cc1. The second-order valence-corrected chi connectivity index (χ2v) is 7.82. The molecule has 0 aliphatic heterocycles. The first-order valence-corrected chi connectivity index (χ1v) is 10.7. The number of pyridine rings is 1. The van der Waals surface area contributed by atoms with Crippen molar-refractivity contribution in [2.24, 2.45) is 0 Å². The van der Waals surface area contributed by atoms with Crippen molar-refractivity contribution in [3.63, 3.8) is 0 Å². The van der Waals surface area contributed by atoms with Gasteiger partial charge in [0.2, 0.25) is 17.7 Å². The third-order valence-electron chi connectivity index (χ3n) is 4.74. The van der Waals surface area contributed by atoms with Gasteiger partial charge in [-0.1, -0.05) is 35.9 Å². The van der Waals surface area contributed by atoms with Gasteiger partial charge < -0.3 is 20.3 Å². The van der Waals surface area contributed by atoms with Crippen molar-refractivity contribution in [2.75, 3.05) is 25.6 Å². The van der Waals surface area contributed by atoms with Crippen molar-refractivity contribution in [3.8, 4) is 0 Å². The molecule has 2 rings (SSSR count). The summed E-state index contributed by atoms with van der Waals surface area (Å²) in [7, 11) is 1.54. The van der Waals surface area contributed by atoms with Gasteiger partial charge in [-0.25, -0.2) is 4.98 Å². The van der Waals surface area contributed by atoms with E-state index < -0.39 is 6.04 Å². The molecule has 3 amide bonds. The standard InChI is InChI=1S/C24H32N4O4/c1-17(2)26-24(31)23(19-10-8-18(3)9-11-19)28(15-16-32-4)22(30)13-12-21(29)27-20-7-5-6-14-25-20/h5-11,14,17,23H,12-13,15-16H2,1-4H3,(H,26,31)(H,25,27,29)/t23-/m1/s1. The monoisotopic (exact) mass is 440 g/mol. The molecule has 1 heterocycles. The van der Waals surface area contributed by atoms with Crippen LogP contribution in [-0.4, -0.2) is 53.9 Å². The van der Waals surface area contributed by atoms with Crippen LogP contribution in [0.1, 0.15) is 43.9 Å². The maximum atomic E-state index is 13.2. The summed E-state index contributed by atoms with van der Waals surface area (Å²) in [6.07, 6.45) is 1.51. The van der Waals surface area contributed by atoms with Crippen LogP contribution in [0.25, 0.3) is 0 Å². The average Bonchev–Trinajstić information content (AvgIpc) is 2.76. The number of nitrogens with zero attached hydrogens (tertiary/aromatic N) is 2. The Bertz CT molecular complexity index is 885. The Balaban J connectivity index is 2.19. The van der Waals surface area contributed by atoms with Crippen LogP contribution >= 0.6 is 0 Å². The predicted octanol–water partition coefficient (Wildman–Crippen LogP) is 2.85. The molecule has 2 N–H and O–H groups in total. The Morgan fingerprint density at radius 2 is 1.78 bits per heavy atom. The van der Waals surface area contributed by atoms with Crippen molar-refractivity contribution in [1.29, 1.82) is 0 Å². The van der Waals surface area contributed by atoms with Crippen LogP contribution in [0.4, 0.5) is 5.82 Å². The van der Waals surface area contributed by atoms with E-state index in [0.717, 1.165) is 5.56 Å². The molecule has 0 aliphatic rings. The molecule has 2 aromatic rings. The number of amides is 3. The Labute approximate surface area is 189 Å². The van der Waals surface area contributed by atoms with E-state index >= 15 is 0 Å². The Hall–Kier alpha value is -3.26. The Morgan fingerprint density at radius 3 is 2.38 bits per heavy atom. The fourth-order valence-corrected chi connectivity index (χ4v) is 3.18. The quantitative estimate of drug-likeness (QED) is 0.560. The van der Waals surface area contributed by atoms with E-state index in [2.05, 4.69) is 15.6 Å². The third kappa shape index (κ3) is 7.77. The summed E-state index contributed by atoms with van der Waals surface area (Å²) in [4.78, 5) is 44.1. The fraction of sp³-hybridized carbons (Fsp3) is 0.417. The number of carbonyl (C=O) groups is 3. The lowest BCUT2D eigenvalue weighted by Crippen LogP contribution is -2.46. The van der Waals surface area contributed by atoms with E-state index in [1.54, 1.807) is 24.4 Å². The minimum atomic E-state index is -0.820. The molecular weight excluding hydrogens is 408 g/mol. The lowest BCUT2D eigenvalue weighted by Gasteiger charge is -2.32. The molecule has 172 valence electrons. The summed E-state index contributed by atoms with van der Waals surface area (Å²) in [5.74, 6) is -0.466. The number of methoxy groups -OCH3 is 1. The first kappa shape index (κ1) is 25.0. The maximum absolute atomic E-state index is 13.2. The Kier molecular flexibility index (Phi) is 9.81. The molecule has 0 unspecified atom stereocenters. The van der Waals surface area contributed by atoms with Crippen LogP contribution in [0.15, 0.2) is 48.7 Å². The minimum Gasteiger partial charge on any atom is -0.383 e. The molecular formula is C24H32N4O4. The highest BCUT2D eigenvalue weighted by atomic mass is 16.5. The average molecular weight is 441 g/mol. The lowest BCUT2D eigenvalue weighted by molar-refractivity contribution is -0.142. The molecule has 8 heteroatoms. The van der Waals surface area contributed by atoms with Crippen LogP contribution in [0.5, 0.6) is 0 Å². The van der Waals surface area contributed by atoms with E-state index in [4.69, 9.17) is 4.74 Å². The van der Waals surface area contributed by atoms with Gasteiger partial charge in [0.1, 0.15) is 11.9 Å². The van der Waals surface area contributed by atoms with Gasteiger partial charge in [0, 0.05) is 38.7 Å². The molecule has 0 saturated carbocycles. The van der Waals surface area contributed by atoms with Gasteiger partial charge in [-0.3, -0.25) is 14.4 Å². The largest absolute Gasteiger partial charge is 0.383 e. The van der Waals surface area contributed by atoms with Crippen molar-refractivity contribution in [3.05, 3.63) is 59.8 Å². The van der Waals surface area contributed by atoms with Gasteiger partial charge in [-0.15, -0.1) is 0 Å². The summed E-state index contributed by atoms with van der Waals surface area (Å²) < 4.78 is 5.18. The molecule has 0 fully saturated rings. The van der Waals surface area contributed by atoms with Crippen LogP contribution in [0, 0.1) is 6.92 Å². The number of aryl methyl sites for hydroxylation is 1. The number of aromatic nitrogens is 1. The molecule has 0 saturated heterocycles. The summed E-state index contributed by atoms with van der Waals surface area (Å²) in [5, 5.41) is 5.57. The second-order valence-electron chi connectivity index (χ2n) is 7.82. The predicted molar refractivity (Wildman–Crippen MR) is 123 cm³/mol. The number of hydrogen-bond donors (Lipinski definition) is 2. The number of carbonyl (C=O) groups excluding carboxylic acids is 3. The zero-order valence-corrected chi connectivity index (χ0v) is 19.1. The molecule has 0 radical (unpaired) electrons. The normalized spacial score (nSPS) is 11.7. The highest BCUT2D eigenvalue weighted by Gasteiger charge is 2.31. The van der Waals surface area contributed by atoms with Crippen LogP contribution < -0.4 is 10.6 Å². The molecule has 1 aromatic carbocycles. The zero-order valence-electron chi connectivity index (χ0n) is 19.1.